The second kappa shape index (κ2) is 9.74. The van der Waals surface area contributed by atoms with Gasteiger partial charge in [-0.3, -0.25) is 4.79 Å². The van der Waals surface area contributed by atoms with Crippen LogP contribution in [0.25, 0.3) is 11.1 Å². The van der Waals surface area contributed by atoms with Crippen molar-refractivity contribution in [2.45, 2.75) is 38.3 Å². The van der Waals surface area contributed by atoms with E-state index >= 15 is 0 Å². The lowest BCUT2D eigenvalue weighted by molar-refractivity contribution is -0.131. The summed E-state index contributed by atoms with van der Waals surface area (Å²) in [5.74, 6) is -0.519. The van der Waals surface area contributed by atoms with E-state index in [1.54, 1.807) is 24.5 Å². The summed E-state index contributed by atoms with van der Waals surface area (Å²) in [7, 11) is 0. The Hall–Kier alpha value is -3.57. The number of hydrogen-bond donors (Lipinski definition) is 2. The van der Waals surface area contributed by atoms with Crippen LogP contribution in [-0.4, -0.2) is 51.2 Å². The van der Waals surface area contributed by atoms with Gasteiger partial charge in [0.15, 0.2) is 0 Å². The highest BCUT2D eigenvalue weighted by Crippen LogP contribution is 2.31. The molecule has 0 spiro atoms. The normalized spacial score (nSPS) is 14.0. The minimum Gasteiger partial charge on any atom is -0.354 e. The zero-order valence-corrected chi connectivity index (χ0v) is 17.9. The quantitative estimate of drug-likeness (QED) is 0.494. The molecule has 1 aliphatic carbocycles. The predicted molar refractivity (Wildman–Crippen MR) is 115 cm³/mol. The number of rotatable bonds is 7. The van der Waals surface area contributed by atoms with Crippen LogP contribution in [0.3, 0.4) is 0 Å². The number of hydrogen-bond acceptors (Lipinski definition) is 5. The number of aromatic nitrogens is 4. The van der Waals surface area contributed by atoms with E-state index in [1.165, 1.54) is 10.7 Å². The van der Waals surface area contributed by atoms with Crippen molar-refractivity contribution in [1.82, 2.24) is 24.9 Å². The van der Waals surface area contributed by atoms with Crippen molar-refractivity contribution in [1.29, 1.82) is 0 Å². The van der Waals surface area contributed by atoms with E-state index in [0.717, 1.165) is 29.5 Å². The Morgan fingerprint density at radius 1 is 1.24 bits per heavy atom. The van der Waals surface area contributed by atoms with E-state index in [4.69, 9.17) is 0 Å². The van der Waals surface area contributed by atoms with E-state index in [2.05, 4.69) is 25.7 Å². The molecule has 0 unspecified atom stereocenters. The molecule has 1 amide bonds. The third-order valence-electron chi connectivity index (χ3n) is 5.31. The number of alkyl halides is 5. The van der Waals surface area contributed by atoms with Crippen LogP contribution in [-0.2, 0) is 6.42 Å². The fraction of sp³-hybridized carbons (Fsp3) is 0.364. The molecule has 4 rings (SSSR count). The van der Waals surface area contributed by atoms with Gasteiger partial charge in [0.25, 0.3) is 12.3 Å². The minimum atomic E-state index is -4.27. The molecule has 2 N–H and O–H groups in total. The van der Waals surface area contributed by atoms with E-state index in [1.807, 2.05) is 6.08 Å². The summed E-state index contributed by atoms with van der Waals surface area (Å²) in [6.07, 6.45) is 0.819. The molecule has 3 aromatic rings. The largest absolute Gasteiger partial charge is 0.390 e. The average molecular weight is 480 g/mol. The van der Waals surface area contributed by atoms with Crippen LogP contribution in [0.2, 0.25) is 0 Å². The number of carbonyl (C=O) groups is 1. The summed E-state index contributed by atoms with van der Waals surface area (Å²) >= 11 is 0. The van der Waals surface area contributed by atoms with Gasteiger partial charge in [0.1, 0.15) is 0 Å². The fourth-order valence-corrected chi connectivity index (χ4v) is 3.72. The number of allylic oxidation sites excluding steroid dienone is 1. The third-order valence-corrected chi connectivity index (χ3v) is 5.31. The zero-order chi connectivity index (χ0) is 24.3. The Bertz CT molecular complexity index is 1220. The second-order valence-corrected chi connectivity index (χ2v) is 7.76. The van der Waals surface area contributed by atoms with Crippen molar-refractivity contribution in [2.75, 3.05) is 18.4 Å². The smallest absolute Gasteiger partial charge is 0.354 e. The van der Waals surface area contributed by atoms with Crippen LogP contribution in [0.15, 0.2) is 36.8 Å². The number of aryl methyl sites for hydroxylation is 1. The molecule has 180 valence electrons. The molecule has 34 heavy (non-hydrogen) atoms. The van der Waals surface area contributed by atoms with Gasteiger partial charge < -0.3 is 10.6 Å². The van der Waals surface area contributed by atoms with Gasteiger partial charge in [0.05, 0.1) is 35.9 Å². The average Bonchev–Trinajstić information content (AvgIpc) is 3.09. The summed E-state index contributed by atoms with van der Waals surface area (Å²) in [6, 6.07) is 3.54. The SMILES string of the molecule is O=C(NCC(F)F)c1cnn2ccc(C3=CCCCc4nc(NCCC(F)(F)F)ncc43)cc12. The zero-order valence-electron chi connectivity index (χ0n) is 17.9. The highest BCUT2D eigenvalue weighted by atomic mass is 19.4. The van der Waals surface area contributed by atoms with Crippen molar-refractivity contribution in [3.05, 3.63) is 59.2 Å². The van der Waals surface area contributed by atoms with Crippen molar-refractivity contribution in [3.63, 3.8) is 0 Å². The highest BCUT2D eigenvalue weighted by molar-refractivity contribution is 6.01. The first-order valence-corrected chi connectivity index (χ1v) is 10.6. The maximum Gasteiger partial charge on any atom is 0.390 e. The Morgan fingerprint density at radius 2 is 2.06 bits per heavy atom. The van der Waals surface area contributed by atoms with Gasteiger partial charge in [-0.05, 0) is 42.5 Å². The first kappa shape index (κ1) is 23.6. The van der Waals surface area contributed by atoms with Crippen molar-refractivity contribution < 1.29 is 26.7 Å². The Balaban J connectivity index is 1.62. The number of nitrogens with one attached hydrogen (secondary N) is 2. The molecule has 0 radical (unpaired) electrons. The van der Waals surface area contributed by atoms with Gasteiger partial charge in [-0.15, -0.1) is 0 Å². The van der Waals surface area contributed by atoms with Crippen LogP contribution in [0, 0.1) is 0 Å². The van der Waals surface area contributed by atoms with Crippen molar-refractivity contribution in [3.8, 4) is 0 Å². The molecule has 3 heterocycles. The molecule has 0 atom stereocenters. The van der Waals surface area contributed by atoms with Gasteiger partial charge in [-0.25, -0.2) is 23.3 Å². The molecule has 1 aliphatic rings. The summed E-state index contributed by atoms with van der Waals surface area (Å²) in [6.45, 7) is -1.08. The molecular weight excluding hydrogens is 459 g/mol. The molecule has 0 saturated carbocycles. The monoisotopic (exact) mass is 480 g/mol. The van der Waals surface area contributed by atoms with Gasteiger partial charge in [-0.1, -0.05) is 6.08 Å². The molecule has 0 fully saturated rings. The lowest BCUT2D eigenvalue weighted by atomic mass is 9.98. The maximum atomic E-state index is 12.5. The summed E-state index contributed by atoms with van der Waals surface area (Å²) in [5.41, 5.74) is 3.63. The first-order chi connectivity index (χ1) is 16.2. The third kappa shape index (κ3) is 5.49. The lowest BCUT2D eigenvalue weighted by Crippen LogP contribution is -2.28. The van der Waals surface area contributed by atoms with E-state index in [9.17, 15) is 26.7 Å². The number of fused-ring (bicyclic) bond motifs is 2. The van der Waals surface area contributed by atoms with E-state index < -0.39 is 31.5 Å². The van der Waals surface area contributed by atoms with Gasteiger partial charge in [0.2, 0.25) is 5.95 Å². The first-order valence-electron chi connectivity index (χ1n) is 10.6. The van der Waals surface area contributed by atoms with Crippen molar-refractivity contribution in [2.24, 2.45) is 0 Å². The standard InChI is InChI=1S/C22H21F5N6O/c23-19(24)12-29-20(34)16-11-31-33-8-5-13(9-18(16)33)14-3-1-2-4-17-15(14)10-30-21(32-17)28-7-6-22(25,26)27/h3,5,8-11,19H,1-2,4,6-7,12H2,(H,29,34)(H,28,30,32). The molecule has 0 aliphatic heterocycles. The van der Waals surface area contributed by atoms with Crippen LogP contribution in [0.1, 0.15) is 46.4 Å². The molecular formula is C22H21F5N6O. The van der Waals surface area contributed by atoms with E-state index in [0.29, 0.717) is 17.6 Å². The Morgan fingerprint density at radius 3 is 2.82 bits per heavy atom. The number of carbonyl (C=O) groups excluding carboxylic acids is 1. The van der Waals surface area contributed by atoms with Crippen LogP contribution >= 0.6 is 0 Å². The topological polar surface area (TPSA) is 84.2 Å². The van der Waals surface area contributed by atoms with Crippen LogP contribution < -0.4 is 10.6 Å². The molecule has 3 aromatic heterocycles. The molecule has 0 aromatic carbocycles. The number of nitrogens with zero attached hydrogens (tertiary/aromatic N) is 4. The number of pyridine rings is 1. The maximum absolute atomic E-state index is 12.5. The Kier molecular flexibility index (Phi) is 6.75. The van der Waals surface area contributed by atoms with Gasteiger partial charge >= 0.3 is 6.18 Å². The van der Waals surface area contributed by atoms with Gasteiger partial charge in [-0.2, -0.15) is 18.3 Å². The van der Waals surface area contributed by atoms with Crippen molar-refractivity contribution >= 4 is 22.9 Å². The molecule has 0 saturated heterocycles. The van der Waals surface area contributed by atoms with Gasteiger partial charge in [0, 0.05) is 24.5 Å². The highest BCUT2D eigenvalue weighted by Gasteiger charge is 2.26. The molecule has 12 heteroatoms. The fourth-order valence-electron chi connectivity index (χ4n) is 3.72. The van der Waals surface area contributed by atoms with Crippen LogP contribution in [0.5, 0.6) is 0 Å². The number of amides is 1. The Labute approximate surface area is 191 Å². The van der Waals surface area contributed by atoms with Crippen LogP contribution in [0.4, 0.5) is 27.9 Å². The number of halogens is 5. The number of anilines is 1. The summed E-state index contributed by atoms with van der Waals surface area (Å²) in [4.78, 5) is 21.0. The predicted octanol–water partition coefficient (Wildman–Crippen LogP) is 4.25. The van der Waals surface area contributed by atoms with E-state index in [-0.39, 0.29) is 18.1 Å². The second-order valence-electron chi connectivity index (χ2n) is 7.76. The summed E-state index contributed by atoms with van der Waals surface area (Å²) in [5, 5.41) is 8.90. The molecule has 0 bridgehead atoms. The minimum absolute atomic E-state index is 0.133. The lowest BCUT2D eigenvalue weighted by Gasteiger charge is -2.13. The summed E-state index contributed by atoms with van der Waals surface area (Å²) < 4.78 is 63.7. The molecule has 7 nitrogen and oxygen atoms in total.